The van der Waals surface area contributed by atoms with Gasteiger partial charge in [-0.25, -0.2) is 8.42 Å². The first-order valence-corrected chi connectivity index (χ1v) is 7.78. The zero-order valence-corrected chi connectivity index (χ0v) is 12.2. The Balaban J connectivity index is 2.28. The van der Waals surface area contributed by atoms with Crippen molar-refractivity contribution < 1.29 is 13.2 Å². The first-order valence-electron chi connectivity index (χ1n) is 5.89. The lowest BCUT2D eigenvalue weighted by molar-refractivity contribution is 0.102. The molecule has 1 amide bonds. The van der Waals surface area contributed by atoms with Crippen LogP contribution in [0, 0.1) is 6.92 Å². The third-order valence-corrected chi connectivity index (χ3v) is 3.88. The summed E-state index contributed by atoms with van der Waals surface area (Å²) in [6.07, 6.45) is 1.11. The monoisotopic (exact) mass is 293 g/mol. The van der Waals surface area contributed by atoms with Crippen LogP contribution in [0.5, 0.6) is 0 Å². The molecule has 0 aliphatic carbocycles. The van der Waals surface area contributed by atoms with Crippen LogP contribution in [0.25, 0.3) is 0 Å². The number of aromatic nitrogens is 2. The lowest BCUT2D eigenvalue weighted by Crippen LogP contribution is -2.15. The van der Waals surface area contributed by atoms with Crippen molar-refractivity contribution in [2.45, 2.75) is 11.8 Å². The van der Waals surface area contributed by atoms with Crippen molar-refractivity contribution in [1.82, 2.24) is 9.78 Å². The Kier molecular flexibility index (Phi) is 3.63. The van der Waals surface area contributed by atoms with E-state index in [2.05, 4.69) is 10.4 Å². The number of benzene rings is 1. The third-order valence-electron chi connectivity index (χ3n) is 2.77. The summed E-state index contributed by atoms with van der Waals surface area (Å²) in [7, 11) is -1.62. The molecule has 0 saturated heterocycles. The van der Waals surface area contributed by atoms with E-state index in [1.165, 1.54) is 12.1 Å². The fourth-order valence-electron chi connectivity index (χ4n) is 1.78. The van der Waals surface area contributed by atoms with Gasteiger partial charge in [0, 0.05) is 24.9 Å². The van der Waals surface area contributed by atoms with Crippen LogP contribution in [-0.2, 0) is 16.9 Å². The zero-order valence-electron chi connectivity index (χ0n) is 11.4. The van der Waals surface area contributed by atoms with Gasteiger partial charge in [0.1, 0.15) is 5.82 Å². The van der Waals surface area contributed by atoms with Gasteiger partial charge in [0.25, 0.3) is 5.91 Å². The molecule has 2 rings (SSSR count). The lowest BCUT2D eigenvalue weighted by atomic mass is 10.2. The van der Waals surface area contributed by atoms with Crippen LogP contribution >= 0.6 is 0 Å². The van der Waals surface area contributed by atoms with Crippen molar-refractivity contribution >= 4 is 21.6 Å². The summed E-state index contributed by atoms with van der Waals surface area (Å²) in [4.78, 5) is 12.2. The normalized spacial score (nSPS) is 11.3. The van der Waals surface area contributed by atoms with Crippen LogP contribution in [0.2, 0.25) is 0 Å². The van der Waals surface area contributed by atoms with Gasteiger partial charge in [-0.05, 0) is 25.1 Å². The van der Waals surface area contributed by atoms with Crippen LogP contribution in [0.15, 0.2) is 35.2 Å². The summed E-state index contributed by atoms with van der Waals surface area (Å²) in [5, 5.41) is 6.81. The number of hydrogen-bond acceptors (Lipinski definition) is 4. The molecule has 2 aromatic rings. The van der Waals surface area contributed by atoms with Gasteiger partial charge in [-0.2, -0.15) is 5.10 Å². The second kappa shape index (κ2) is 5.09. The number of carbonyl (C=O) groups is 1. The van der Waals surface area contributed by atoms with Crippen LogP contribution < -0.4 is 5.32 Å². The largest absolute Gasteiger partial charge is 0.307 e. The molecule has 0 spiro atoms. The summed E-state index contributed by atoms with van der Waals surface area (Å²) in [5.41, 5.74) is 1.07. The maximum absolute atomic E-state index is 12.1. The zero-order chi connectivity index (χ0) is 14.9. The first-order chi connectivity index (χ1) is 9.27. The van der Waals surface area contributed by atoms with Gasteiger partial charge in [0.05, 0.1) is 10.6 Å². The summed E-state index contributed by atoms with van der Waals surface area (Å²) >= 11 is 0. The van der Waals surface area contributed by atoms with E-state index in [-0.39, 0.29) is 16.4 Å². The molecule has 0 aliphatic heterocycles. The number of amides is 1. The summed E-state index contributed by atoms with van der Waals surface area (Å²) < 4.78 is 24.5. The van der Waals surface area contributed by atoms with E-state index >= 15 is 0 Å². The lowest BCUT2D eigenvalue weighted by Gasteiger charge is -2.06. The first kappa shape index (κ1) is 14.3. The van der Waals surface area contributed by atoms with Gasteiger partial charge in [0.15, 0.2) is 9.84 Å². The molecule has 0 fully saturated rings. The third kappa shape index (κ3) is 3.05. The molecule has 7 heteroatoms. The highest BCUT2D eigenvalue weighted by Gasteiger charge is 2.13. The average Bonchev–Trinajstić information content (AvgIpc) is 2.67. The molecule has 1 aromatic carbocycles. The highest BCUT2D eigenvalue weighted by molar-refractivity contribution is 7.90. The maximum atomic E-state index is 12.1. The molecule has 1 aromatic heterocycles. The van der Waals surface area contributed by atoms with Gasteiger partial charge >= 0.3 is 0 Å². The Morgan fingerprint density at radius 2 is 2.00 bits per heavy atom. The minimum absolute atomic E-state index is 0.117. The Morgan fingerprint density at radius 3 is 2.55 bits per heavy atom. The Morgan fingerprint density at radius 1 is 1.30 bits per heavy atom. The second-order valence-electron chi connectivity index (χ2n) is 4.55. The number of rotatable bonds is 3. The number of nitrogens with one attached hydrogen (secondary N) is 1. The number of nitrogens with zero attached hydrogens (tertiary/aromatic N) is 2. The molecular formula is C13H15N3O3S. The van der Waals surface area contributed by atoms with Crippen LogP contribution in [0.1, 0.15) is 16.1 Å². The van der Waals surface area contributed by atoms with E-state index in [9.17, 15) is 13.2 Å². The summed E-state index contributed by atoms with van der Waals surface area (Å²) in [6.45, 7) is 1.82. The Labute approximate surface area is 117 Å². The minimum atomic E-state index is -3.33. The highest BCUT2D eigenvalue weighted by atomic mass is 32.2. The summed E-state index contributed by atoms with van der Waals surface area (Å²) in [5.74, 6) is 0.177. The fraction of sp³-hybridized carbons (Fsp3) is 0.231. The average molecular weight is 293 g/mol. The Bertz CT molecular complexity index is 763. The smallest absolute Gasteiger partial charge is 0.256 e. The van der Waals surface area contributed by atoms with E-state index in [1.807, 2.05) is 6.92 Å². The summed E-state index contributed by atoms with van der Waals surface area (Å²) in [6, 6.07) is 7.65. The molecule has 0 aliphatic rings. The van der Waals surface area contributed by atoms with E-state index in [1.54, 1.807) is 29.9 Å². The van der Waals surface area contributed by atoms with E-state index in [4.69, 9.17) is 0 Å². The van der Waals surface area contributed by atoms with E-state index in [0.717, 1.165) is 11.9 Å². The quantitative estimate of drug-likeness (QED) is 0.927. The Hall–Kier alpha value is -2.15. The minimum Gasteiger partial charge on any atom is -0.307 e. The number of carbonyl (C=O) groups excluding carboxylic acids is 1. The molecule has 6 nitrogen and oxygen atoms in total. The SMILES string of the molecule is Cc1cc(NC(=O)c2cccc(S(C)(=O)=O)c2)n(C)n1. The number of anilines is 1. The molecule has 106 valence electrons. The standard InChI is InChI=1S/C13H15N3O3S/c1-9-7-12(16(2)15-9)14-13(17)10-5-4-6-11(8-10)20(3,18)19/h4-8H,1-3H3,(H,14,17). The predicted molar refractivity (Wildman–Crippen MR) is 75.5 cm³/mol. The molecule has 0 unspecified atom stereocenters. The second-order valence-corrected chi connectivity index (χ2v) is 6.56. The maximum Gasteiger partial charge on any atom is 0.256 e. The topological polar surface area (TPSA) is 81.1 Å². The van der Waals surface area contributed by atoms with Crippen LogP contribution in [0.4, 0.5) is 5.82 Å². The predicted octanol–water partition coefficient (Wildman–Crippen LogP) is 1.38. The van der Waals surface area contributed by atoms with Gasteiger partial charge in [-0.3, -0.25) is 9.48 Å². The fourth-order valence-corrected chi connectivity index (χ4v) is 2.45. The number of aryl methyl sites for hydroxylation is 2. The molecule has 20 heavy (non-hydrogen) atoms. The van der Waals surface area contributed by atoms with Crippen molar-refractivity contribution in [2.24, 2.45) is 7.05 Å². The van der Waals surface area contributed by atoms with Gasteiger partial charge in [0.2, 0.25) is 0 Å². The highest BCUT2D eigenvalue weighted by Crippen LogP contribution is 2.14. The van der Waals surface area contributed by atoms with Crippen LogP contribution in [0.3, 0.4) is 0 Å². The van der Waals surface area contributed by atoms with Gasteiger partial charge in [-0.15, -0.1) is 0 Å². The van der Waals surface area contributed by atoms with Crippen molar-refractivity contribution in [3.8, 4) is 0 Å². The van der Waals surface area contributed by atoms with Crippen molar-refractivity contribution in [2.75, 3.05) is 11.6 Å². The molecular weight excluding hydrogens is 278 g/mol. The molecule has 0 saturated carbocycles. The molecule has 0 atom stereocenters. The van der Waals surface area contributed by atoms with Crippen molar-refractivity contribution in [3.63, 3.8) is 0 Å². The van der Waals surface area contributed by atoms with Gasteiger partial charge < -0.3 is 5.32 Å². The number of hydrogen-bond donors (Lipinski definition) is 1. The molecule has 1 N–H and O–H groups in total. The van der Waals surface area contributed by atoms with Crippen molar-refractivity contribution in [1.29, 1.82) is 0 Å². The number of sulfone groups is 1. The molecule has 1 heterocycles. The van der Waals surface area contributed by atoms with E-state index < -0.39 is 9.84 Å². The van der Waals surface area contributed by atoms with Crippen LogP contribution in [-0.4, -0.2) is 30.4 Å². The van der Waals surface area contributed by atoms with Crippen molar-refractivity contribution in [3.05, 3.63) is 41.6 Å². The van der Waals surface area contributed by atoms with Gasteiger partial charge in [-0.1, -0.05) is 6.07 Å². The molecule has 0 bridgehead atoms. The molecule has 0 radical (unpaired) electrons. The van der Waals surface area contributed by atoms with E-state index in [0.29, 0.717) is 5.82 Å².